The molecule has 0 saturated heterocycles. The van der Waals surface area contributed by atoms with Crippen molar-refractivity contribution < 1.29 is 13.5 Å². The Morgan fingerprint density at radius 2 is 2.08 bits per heavy atom. The minimum absolute atomic E-state index is 0.0116. The maximum atomic E-state index is 13.8. The van der Waals surface area contributed by atoms with Gasteiger partial charge >= 0.3 is 0 Å². The second-order valence-corrected chi connectivity index (χ2v) is 7.35. The average molecular weight is 365 g/mol. The molecule has 26 heavy (non-hydrogen) atoms. The van der Waals surface area contributed by atoms with E-state index in [9.17, 15) is 8.78 Å². The fourth-order valence-corrected chi connectivity index (χ4v) is 3.68. The van der Waals surface area contributed by atoms with E-state index in [4.69, 9.17) is 4.74 Å². The molecule has 2 unspecified atom stereocenters. The molecule has 0 radical (unpaired) electrons. The van der Waals surface area contributed by atoms with Gasteiger partial charge in [-0.25, -0.2) is 14.2 Å². The summed E-state index contributed by atoms with van der Waals surface area (Å²) in [7, 11) is 1.92. The Bertz CT molecular complexity index is 631. The van der Waals surface area contributed by atoms with Crippen LogP contribution >= 0.6 is 0 Å². The van der Waals surface area contributed by atoms with Crippen LogP contribution in [0.5, 0.6) is 0 Å². The Morgan fingerprint density at radius 1 is 1.31 bits per heavy atom. The highest BCUT2D eigenvalue weighted by atomic mass is 19.1. The molecule has 3 rings (SSSR count). The van der Waals surface area contributed by atoms with Gasteiger partial charge < -0.3 is 10.1 Å². The number of benzene rings is 1. The average Bonchev–Trinajstić information content (AvgIpc) is 3.29. The van der Waals surface area contributed by atoms with Crippen molar-refractivity contribution in [3.8, 4) is 0 Å². The number of nitrogens with one attached hydrogen (secondary N) is 2. The van der Waals surface area contributed by atoms with Gasteiger partial charge in [0.15, 0.2) is 0 Å². The molecule has 1 aliphatic heterocycles. The van der Waals surface area contributed by atoms with Gasteiger partial charge in [0.2, 0.25) is 5.88 Å². The molecule has 2 N–H and O–H groups in total. The van der Waals surface area contributed by atoms with E-state index in [1.54, 1.807) is 0 Å². The summed E-state index contributed by atoms with van der Waals surface area (Å²) in [6, 6.07) is 3.79. The largest absolute Gasteiger partial charge is 0.473 e. The predicted molar refractivity (Wildman–Crippen MR) is 98.0 cm³/mol. The van der Waals surface area contributed by atoms with E-state index in [-0.39, 0.29) is 24.3 Å². The van der Waals surface area contributed by atoms with Crippen molar-refractivity contribution in [1.29, 1.82) is 0 Å². The summed E-state index contributed by atoms with van der Waals surface area (Å²) in [5.41, 5.74) is 3.69. The molecule has 144 valence electrons. The molecular formula is C20H29F2N3O. The van der Waals surface area contributed by atoms with Crippen LogP contribution in [0.1, 0.15) is 44.6 Å². The first-order valence-corrected chi connectivity index (χ1v) is 9.56. The summed E-state index contributed by atoms with van der Waals surface area (Å²) in [6.07, 6.45) is 8.40. The quantitative estimate of drug-likeness (QED) is 0.737. The number of halogens is 2. The van der Waals surface area contributed by atoms with E-state index in [2.05, 4.69) is 17.7 Å². The van der Waals surface area contributed by atoms with Gasteiger partial charge in [-0.15, -0.1) is 0 Å². The molecule has 1 aromatic carbocycles. The van der Waals surface area contributed by atoms with Crippen molar-refractivity contribution in [3.05, 3.63) is 47.4 Å². The van der Waals surface area contributed by atoms with Crippen LogP contribution in [-0.4, -0.2) is 30.7 Å². The maximum Gasteiger partial charge on any atom is 0.201 e. The molecule has 1 fully saturated rings. The van der Waals surface area contributed by atoms with Gasteiger partial charge in [0.1, 0.15) is 18.2 Å². The normalized spacial score (nSPS) is 21.9. The molecule has 0 bridgehead atoms. The fourth-order valence-electron chi connectivity index (χ4n) is 3.68. The Balaban J connectivity index is 1.63. The Morgan fingerprint density at radius 3 is 2.81 bits per heavy atom. The third-order valence-corrected chi connectivity index (χ3v) is 5.51. The third kappa shape index (κ3) is 4.74. The lowest BCUT2D eigenvalue weighted by molar-refractivity contribution is 0.0771. The molecule has 1 heterocycles. The van der Waals surface area contributed by atoms with Gasteiger partial charge in [-0.2, -0.15) is 0 Å². The number of hydrogen-bond acceptors (Lipinski definition) is 4. The minimum Gasteiger partial charge on any atom is -0.473 e. The standard InChI is InChI=1S/C20H29F2N3O/c1-14(23-2)19-12-20(25(24-19)10-9-15-5-3-4-6-15)26-13-16-11-17(21)7-8-18(16)22/h7-8,11-12,14-15,19,23-24H,3-6,9-10,13H2,1-2H3. The SMILES string of the molecule is CNC(C)C1C=C(OCc2cc(F)ccc2F)N(CCC2CCCC2)N1. The summed E-state index contributed by atoms with van der Waals surface area (Å²) in [6.45, 7) is 2.96. The van der Waals surface area contributed by atoms with Crippen LogP contribution < -0.4 is 10.7 Å². The van der Waals surface area contributed by atoms with E-state index >= 15 is 0 Å². The fraction of sp³-hybridized carbons (Fsp3) is 0.600. The van der Waals surface area contributed by atoms with Crippen molar-refractivity contribution >= 4 is 0 Å². The Hall–Kier alpha value is -1.66. The minimum atomic E-state index is -0.455. The van der Waals surface area contributed by atoms with E-state index < -0.39 is 11.6 Å². The van der Waals surface area contributed by atoms with Crippen molar-refractivity contribution in [2.24, 2.45) is 5.92 Å². The summed E-state index contributed by atoms with van der Waals surface area (Å²) >= 11 is 0. The van der Waals surface area contributed by atoms with Gasteiger partial charge in [0.25, 0.3) is 0 Å². The summed E-state index contributed by atoms with van der Waals surface area (Å²) in [5.74, 6) is 0.567. The molecule has 0 aromatic heterocycles. The zero-order valence-electron chi connectivity index (χ0n) is 15.6. The summed E-state index contributed by atoms with van der Waals surface area (Å²) in [5, 5.41) is 5.26. The first kappa shape index (κ1) is 19.1. The molecular weight excluding hydrogens is 336 g/mol. The van der Waals surface area contributed by atoms with Gasteiger partial charge in [-0.1, -0.05) is 25.7 Å². The van der Waals surface area contributed by atoms with Gasteiger partial charge in [0, 0.05) is 18.2 Å². The topological polar surface area (TPSA) is 36.5 Å². The van der Waals surface area contributed by atoms with Crippen LogP contribution in [0.4, 0.5) is 8.78 Å². The van der Waals surface area contributed by atoms with Crippen LogP contribution in [0, 0.1) is 17.6 Å². The number of hydrogen-bond donors (Lipinski definition) is 2. The van der Waals surface area contributed by atoms with Crippen LogP contribution in [-0.2, 0) is 11.3 Å². The Kier molecular flexibility index (Phi) is 6.48. The molecule has 4 nitrogen and oxygen atoms in total. The summed E-state index contributed by atoms with van der Waals surface area (Å²) < 4.78 is 33.1. The lowest BCUT2D eigenvalue weighted by Crippen LogP contribution is -2.47. The zero-order chi connectivity index (χ0) is 18.5. The molecule has 1 aliphatic carbocycles. The van der Waals surface area contributed by atoms with E-state index in [1.807, 2.05) is 18.1 Å². The number of nitrogens with zero attached hydrogens (tertiary/aromatic N) is 1. The van der Waals surface area contributed by atoms with E-state index in [0.717, 1.165) is 31.0 Å². The maximum absolute atomic E-state index is 13.8. The number of ether oxygens (including phenoxy) is 1. The molecule has 0 spiro atoms. The highest BCUT2D eigenvalue weighted by molar-refractivity contribution is 5.18. The lowest BCUT2D eigenvalue weighted by Gasteiger charge is -2.26. The molecule has 0 amide bonds. The van der Waals surface area contributed by atoms with Crippen molar-refractivity contribution in [3.63, 3.8) is 0 Å². The van der Waals surface area contributed by atoms with Crippen molar-refractivity contribution in [2.75, 3.05) is 13.6 Å². The zero-order valence-corrected chi connectivity index (χ0v) is 15.6. The first-order chi connectivity index (χ1) is 12.6. The van der Waals surface area contributed by atoms with Gasteiger partial charge in [0.05, 0.1) is 6.04 Å². The van der Waals surface area contributed by atoms with Crippen LogP contribution in [0.25, 0.3) is 0 Å². The molecule has 2 aliphatic rings. The van der Waals surface area contributed by atoms with Gasteiger partial charge in [-0.3, -0.25) is 5.01 Å². The number of likely N-dealkylation sites (N-methyl/N-ethyl adjacent to an activating group) is 1. The molecule has 1 aromatic rings. The van der Waals surface area contributed by atoms with E-state index in [1.165, 1.54) is 31.7 Å². The highest BCUT2D eigenvalue weighted by Gasteiger charge is 2.28. The second-order valence-electron chi connectivity index (χ2n) is 7.35. The van der Waals surface area contributed by atoms with Gasteiger partial charge in [-0.05, 0) is 50.6 Å². The van der Waals surface area contributed by atoms with Crippen LogP contribution in [0.3, 0.4) is 0 Å². The second kappa shape index (κ2) is 8.82. The Labute approximate surface area is 154 Å². The van der Waals surface area contributed by atoms with Crippen molar-refractivity contribution in [2.45, 2.75) is 57.7 Å². The van der Waals surface area contributed by atoms with Crippen molar-refractivity contribution in [1.82, 2.24) is 15.8 Å². The predicted octanol–water partition coefficient (Wildman–Crippen LogP) is 3.70. The van der Waals surface area contributed by atoms with Crippen LogP contribution in [0.15, 0.2) is 30.2 Å². The monoisotopic (exact) mass is 365 g/mol. The molecule has 2 atom stereocenters. The molecule has 6 heteroatoms. The summed E-state index contributed by atoms with van der Waals surface area (Å²) in [4.78, 5) is 0. The number of rotatable bonds is 8. The first-order valence-electron chi connectivity index (χ1n) is 9.56. The number of hydrazine groups is 1. The molecule has 1 saturated carbocycles. The van der Waals surface area contributed by atoms with Crippen LogP contribution in [0.2, 0.25) is 0 Å². The van der Waals surface area contributed by atoms with E-state index in [0.29, 0.717) is 5.88 Å². The smallest absolute Gasteiger partial charge is 0.201 e. The highest BCUT2D eigenvalue weighted by Crippen LogP contribution is 2.29. The third-order valence-electron chi connectivity index (χ3n) is 5.51. The lowest BCUT2D eigenvalue weighted by atomic mass is 10.0.